The summed E-state index contributed by atoms with van der Waals surface area (Å²) in [5.74, 6) is 0.0195. The molecule has 0 aliphatic heterocycles. The Morgan fingerprint density at radius 3 is 2.67 bits per heavy atom. The van der Waals surface area contributed by atoms with Crippen LogP contribution in [-0.2, 0) is 4.79 Å². The van der Waals surface area contributed by atoms with E-state index in [4.69, 9.17) is 0 Å². The lowest BCUT2D eigenvalue weighted by molar-refractivity contribution is -0.115. The number of aryl methyl sites for hydroxylation is 1. The fourth-order valence-corrected chi connectivity index (χ4v) is 2.27. The largest absolute Gasteiger partial charge is 0.326 e. The van der Waals surface area contributed by atoms with E-state index in [0.29, 0.717) is 6.42 Å². The molecular formula is C17H17N3O. The van der Waals surface area contributed by atoms with Gasteiger partial charge in [0, 0.05) is 30.1 Å². The molecule has 1 amide bonds. The van der Waals surface area contributed by atoms with E-state index < -0.39 is 0 Å². The quantitative estimate of drug-likeness (QED) is 0.795. The zero-order chi connectivity index (χ0) is 14.8. The first-order valence-corrected chi connectivity index (χ1v) is 7.02. The molecule has 1 aromatic carbocycles. The fourth-order valence-electron chi connectivity index (χ4n) is 2.27. The summed E-state index contributed by atoms with van der Waals surface area (Å²) in [7, 11) is 0. The second-order valence-corrected chi connectivity index (χ2v) is 5.03. The van der Waals surface area contributed by atoms with Crippen LogP contribution in [0.1, 0.15) is 18.9 Å². The Kier molecular flexibility index (Phi) is 3.44. The number of imidazole rings is 1. The number of benzene rings is 1. The van der Waals surface area contributed by atoms with E-state index in [2.05, 4.69) is 23.3 Å². The number of nitrogens with zero attached hydrogens (tertiary/aromatic N) is 2. The molecule has 3 rings (SSSR count). The molecule has 0 aliphatic carbocycles. The van der Waals surface area contributed by atoms with E-state index >= 15 is 0 Å². The Morgan fingerprint density at radius 1 is 1.24 bits per heavy atom. The van der Waals surface area contributed by atoms with Crippen molar-refractivity contribution in [2.45, 2.75) is 20.3 Å². The van der Waals surface area contributed by atoms with E-state index in [0.717, 1.165) is 28.2 Å². The van der Waals surface area contributed by atoms with Crippen LogP contribution in [0.25, 0.3) is 16.9 Å². The topological polar surface area (TPSA) is 46.4 Å². The maximum absolute atomic E-state index is 11.4. The van der Waals surface area contributed by atoms with Crippen LogP contribution in [0, 0.1) is 6.92 Å². The average molecular weight is 279 g/mol. The van der Waals surface area contributed by atoms with Crippen molar-refractivity contribution in [2.75, 3.05) is 5.32 Å². The lowest BCUT2D eigenvalue weighted by Crippen LogP contribution is -2.08. The average Bonchev–Trinajstić information content (AvgIpc) is 2.93. The maximum atomic E-state index is 11.4. The van der Waals surface area contributed by atoms with Crippen LogP contribution in [0.2, 0.25) is 0 Å². The third-order valence-corrected chi connectivity index (χ3v) is 3.46. The van der Waals surface area contributed by atoms with Crippen molar-refractivity contribution >= 4 is 17.2 Å². The minimum absolute atomic E-state index is 0.0195. The Labute approximate surface area is 123 Å². The lowest BCUT2D eigenvalue weighted by Gasteiger charge is -2.03. The van der Waals surface area contributed by atoms with Gasteiger partial charge in [0.2, 0.25) is 5.91 Å². The molecule has 0 unspecified atom stereocenters. The summed E-state index contributed by atoms with van der Waals surface area (Å²) in [4.78, 5) is 16.0. The number of rotatable bonds is 3. The van der Waals surface area contributed by atoms with Gasteiger partial charge in [-0.05, 0) is 30.7 Å². The zero-order valence-corrected chi connectivity index (χ0v) is 12.1. The first kappa shape index (κ1) is 13.4. The van der Waals surface area contributed by atoms with Gasteiger partial charge in [-0.3, -0.25) is 4.79 Å². The van der Waals surface area contributed by atoms with Gasteiger partial charge in [-0.25, -0.2) is 4.98 Å². The van der Waals surface area contributed by atoms with Gasteiger partial charge < -0.3 is 9.72 Å². The molecule has 0 aliphatic rings. The molecule has 0 atom stereocenters. The lowest BCUT2D eigenvalue weighted by atomic mass is 10.1. The number of anilines is 1. The molecule has 4 nitrogen and oxygen atoms in total. The van der Waals surface area contributed by atoms with Crippen LogP contribution in [0.15, 0.2) is 48.8 Å². The van der Waals surface area contributed by atoms with Crippen LogP contribution in [0.5, 0.6) is 0 Å². The molecule has 0 radical (unpaired) electrons. The van der Waals surface area contributed by atoms with Gasteiger partial charge in [0.15, 0.2) is 0 Å². The van der Waals surface area contributed by atoms with Gasteiger partial charge in [0.25, 0.3) is 0 Å². The van der Waals surface area contributed by atoms with Crippen molar-refractivity contribution in [3.63, 3.8) is 0 Å². The van der Waals surface area contributed by atoms with E-state index in [1.165, 1.54) is 0 Å². The SMILES string of the molecule is CCC(=O)Nc1ccc(-c2cn3cccc(C)c3n2)cc1. The number of nitrogens with one attached hydrogen (secondary N) is 1. The van der Waals surface area contributed by atoms with Crippen molar-refractivity contribution in [2.24, 2.45) is 0 Å². The van der Waals surface area contributed by atoms with Gasteiger partial charge in [-0.1, -0.05) is 25.1 Å². The monoisotopic (exact) mass is 279 g/mol. The summed E-state index contributed by atoms with van der Waals surface area (Å²) >= 11 is 0. The summed E-state index contributed by atoms with van der Waals surface area (Å²) < 4.78 is 2.03. The number of hydrogen-bond donors (Lipinski definition) is 1. The summed E-state index contributed by atoms with van der Waals surface area (Å²) in [6.07, 6.45) is 4.49. The van der Waals surface area contributed by atoms with Crippen LogP contribution in [-0.4, -0.2) is 15.3 Å². The molecule has 1 N–H and O–H groups in total. The van der Waals surface area contributed by atoms with Gasteiger partial charge in [0.1, 0.15) is 5.65 Å². The molecule has 4 heteroatoms. The highest BCUT2D eigenvalue weighted by atomic mass is 16.1. The number of hydrogen-bond acceptors (Lipinski definition) is 2. The number of pyridine rings is 1. The molecular weight excluding hydrogens is 262 g/mol. The molecule has 0 saturated carbocycles. The number of carbonyl (C=O) groups excluding carboxylic acids is 1. The van der Waals surface area contributed by atoms with E-state index in [-0.39, 0.29) is 5.91 Å². The van der Waals surface area contributed by atoms with Gasteiger partial charge in [-0.2, -0.15) is 0 Å². The molecule has 0 saturated heterocycles. The van der Waals surface area contributed by atoms with Crippen molar-refractivity contribution in [1.29, 1.82) is 0 Å². The second-order valence-electron chi connectivity index (χ2n) is 5.03. The first-order valence-electron chi connectivity index (χ1n) is 7.02. The highest BCUT2D eigenvalue weighted by Crippen LogP contribution is 2.22. The maximum Gasteiger partial charge on any atom is 0.224 e. The number of amides is 1. The van der Waals surface area contributed by atoms with E-state index in [1.807, 2.05) is 54.0 Å². The summed E-state index contributed by atoms with van der Waals surface area (Å²) in [6.45, 7) is 3.89. The van der Waals surface area contributed by atoms with Gasteiger partial charge in [0.05, 0.1) is 5.69 Å². The Balaban J connectivity index is 1.92. The molecule has 106 valence electrons. The van der Waals surface area contributed by atoms with Crippen LogP contribution in [0.4, 0.5) is 5.69 Å². The normalized spacial score (nSPS) is 10.8. The van der Waals surface area contributed by atoms with Crippen LogP contribution < -0.4 is 5.32 Å². The molecule has 0 bridgehead atoms. The molecule has 3 aromatic rings. The molecule has 2 aromatic heterocycles. The predicted octanol–water partition coefficient (Wildman–Crippen LogP) is 3.66. The Morgan fingerprint density at radius 2 is 2.00 bits per heavy atom. The molecule has 21 heavy (non-hydrogen) atoms. The Bertz CT molecular complexity index is 787. The Hall–Kier alpha value is -2.62. The summed E-state index contributed by atoms with van der Waals surface area (Å²) in [6, 6.07) is 11.8. The van der Waals surface area contributed by atoms with Crippen LogP contribution >= 0.6 is 0 Å². The third-order valence-electron chi connectivity index (χ3n) is 3.46. The van der Waals surface area contributed by atoms with Crippen LogP contribution in [0.3, 0.4) is 0 Å². The molecule has 0 spiro atoms. The van der Waals surface area contributed by atoms with Gasteiger partial charge in [-0.15, -0.1) is 0 Å². The van der Waals surface area contributed by atoms with Crippen molar-refractivity contribution in [3.8, 4) is 11.3 Å². The van der Waals surface area contributed by atoms with E-state index in [9.17, 15) is 4.79 Å². The summed E-state index contributed by atoms with van der Waals surface area (Å²) in [5, 5.41) is 2.84. The standard InChI is InChI=1S/C17H17N3O/c1-3-16(21)18-14-8-6-13(7-9-14)15-11-20-10-4-5-12(2)17(20)19-15/h4-11H,3H2,1-2H3,(H,18,21). The minimum atomic E-state index is 0.0195. The van der Waals surface area contributed by atoms with E-state index in [1.54, 1.807) is 0 Å². The number of fused-ring (bicyclic) bond motifs is 1. The summed E-state index contributed by atoms with van der Waals surface area (Å²) in [5.41, 5.74) is 4.89. The van der Waals surface area contributed by atoms with Crippen molar-refractivity contribution < 1.29 is 4.79 Å². The highest BCUT2D eigenvalue weighted by Gasteiger charge is 2.06. The first-order chi connectivity index (χ1) is 10.2. The van der Waals surface area contributed by atoms with Crippen molar-refractivity contribution in [3.05, 3.63) is 54.4 Å². The second kappa shape index (κ2) is 5.40. The minimum Gasteiger partial charge on any atom is -0.326 e. The number of carbonyl (C=O) groups is 1. The molecule has 0 fully saturated rings. The predicted molar refractivity (Wildman–Crippen MR) is 84.3 cm³/mol. The smallest absolute Gasteiger partial charge is 0.224 e. The van der Waals surface area contributed by atoms with Gasteiger partial charge >= 0.3 is 0 Å². The number of aromatic nitrogens is 2. The highest BCUT2D eigenvalue weighted by molar-refractivity contribution is 5.90. The van der Waals surface area contributed by atoms with Crippen molar-refractivity contribution in [1.82, 2.24) is 9.38 Å². The zero-order valence-electron chi connectivity index (χ0n) is 12.1. The third kappa shape index (κ3) is 2.65. The molecule has 2 heterocycles. The fraction of sp³-hybridized carbons (Fsp3) is 0.176.